The summed E-state index contributed by atoms with van der Waals surface area (Å²) in [6.45, 7) is 9.86. The number of carbonyl (C=O) groups is 1. The molecule has 1 heterocycles. The van der Waals surface area contributed by atoms with Crippen LogP contribution in [-0.2, 0) is 4.79 Å². The number of carbonyl (C=O) groups excluding carboxylic acids is 1. The van der Waals surface area contributed by atoms with Crippen LogP contribution in [0.15, 0.2) is 28.1 Å². The second-order valence-corrected chi connectivity index (χ2v) is 12.0. The Hall–Kier alpha value is -1.91. The summed E-state index contributed by atoms with van der Waals surface area (Å²) >= 11 is 0. The van der Waals surface area contributed by atoms with Gasteiger partial charge >= 0.3 is 0 Å². The summed E-state index contributed by atoms with van der Waals surface area (Å²) in [6.07, 6.45) is 15.6. The van der Waals surface area contributed by atoms with Crippen molar-refractivity contribution in [1.29, 1.82) is 0 Å². The summed E-state index contributed by atoms with van der Waals surface area (Å²) in [5, 5.41) is 0. The van der Waals surface area contributed by atoms with E-state index in [0.29, 0.717) is 29.1 Å². The van der Waals surface area contributed by atoms with Gasteiger partial charge < -0.3 is 10.2 Å². The zero-order valence-corrected chi connectivity index (χ0v) is 21.5. The molecule has 4 aliphatic carbocycles. The van der Waals surface area contributed by atoms with E-state index in [0.717, 1.165) is 35.5 Å². The minimum Gasteiger partial charge on any atom is -0.444 e. The molecule has 34 heavy (non-hydrogen) atoms. The number of aliphatic imine (C=N–C) groups is 1. The number of nitrogens with two attached hydrogens (primary N) is 1. The van der Waals surface area contributed by atoms with E-state index in [2.05, 4.69) is 37.7 Å². The number of allylic oxidation sites excluding steroid dienone is 1. The lowest BCUT2D eigenvalue weighted by atomic mass is 9.49. The number of Topliss-reactive ketones (excluding diaryl/α,β-unsaturated/α-hetero) is 1. The van der Waals surface area contributed by atoms with Crippen molar-refractivity contribution in [3.05, 3.63) is 24.6 Å². The van der Waals surface area contributed by atoms with Crippen LogP contribution < -0.4 is 5.73 Å². The number of oxazole rings is 1. The topological polar surface area (TPSA) is 81.5 Å². The summed E-state index contributed by atoms with van der Waals surface area (Å²) in [6, 6.07) is 0. The maximum Gasteiger partial charge on any atom is 0.228 e. The predicted octanol–water partition coefficient (Wildman–Crippen LogP) is 6.01. The summed E-state index contributed by atoms with van der Waals surface area (Å²) in [5.41, 5.74) is 6.50. The molecule has 5 nitrogen and oxygen atoms in total. The fourth-order valence-corrected chi connectivity index (χ4v) is 9.40. The van der Waals surface area contributed by atoms with E-state index in [4.69, 9.17) is 10.2 Å². The van der Waals surface area contributed by atoms with Crippen molar-refractivity contribution in [2.75, 3.05) is 6.54 Å². The van der Waals surface area contributed by atoms with Crippen molar-refractivity contribution >= 4 is 17.6 Å². The van der Waals surface area contributed by atoms with Crippen LogP contribution in [0.1, 0.15) is 78.5 Å². The molecule has 4 aliphatic rings. The molecule has 5 rings (SSSR count). The molecule has 1 aromatic rings. The number of hydrogen-bond donors (Lipinski definition) is 1. The molecule has 0 radical (unpaired) electrons. The number of ketones is 1. The van der Waals surface area contributed by atoms with Crippen LogP contribution in [0.4, 0.5) is 0 Å². The van der Waals surface area contributed by atoms with Crippen LogP contribution in [-0.4, -0.2) is 23.5 Å². The number of rotatable bonds is 8. The smallest absolute Gasteiger partial charge is 0.228 e. The molecule has 4 saturated carbocycles. The Morgan fingerprint density at radius 1 is 1.26 bits per heavy atom. The van der Waals surface area contributed by atoms with E-state index in [1.54, 1.807) is 12.4 Å². The van der Waals surface area contributed by atoms with Gasteiger partial charge in [0.2, 0.25) is 5.89 Å². The first-order valence-corrected chi connectivity index (χ1v) is 13.8. The molecule has 0 saturated heterocycles. The van der Waals surface area contributed by atoms with Crippen molar-refractivity contribution in [3.63, 3.8) is 0 Å². The SMILES string of the molecule is CCCC1C(CC)CCC2C1CCC1(C)C(C(=O)CN=CC(=CN)c3ncco3)C3C(C)C3C21. The lowest BCUT2D eigenvalue weighted by molar-refractivity contribution is -0.132. The molecule has 5 heteroatoms. The molecule has 0 bridgehead atoms. The Labute approximate surface area is 205 Å². The molecule has 0 amide bonds. The van der Waals surface area contributed by atoms with Crippen molar-refractivity contribution in [2.45, 2.75) is 72.6 Å². The van der Waals surface area contributed by atoms with E-state index < -0.39 is 0 Å². The van der Waals surface area contributed by atoms with Gasteiger partial charge in [0.05, 0.1) is 18.3 Å². The summed E-state index contributed by atoms with van der Waals surface area (Å²) in [7, 11) is 0. The second-order valence-electron chi connectivity index (χ2n) is 12.0. The Bertz CT molecular complexity index is 937. The van der Waals surface area contributed by atoms with Crippen LogP contribution in [0.3, 0.4) is 0 Å². The van der Waals surface area contributed by atoms with E-state index >= 15 is 0 Å². The summed E-state index contributed by atoms with van der Waals surface area (Å²) in [4.78, 5) is 22.3. The van der Waals surface area contributed by atoms with Gasteiger partial charge in [-0.2, -0.15) is 0 Å². The number of hydrogen-bond acceptors (Lipinski definition) is 5. The standard InChI is InChI=1S/C29H43N3O2/c1-5-7-20-18(6-2)8-9-22-21(20)10-11-29(4)26(22)24-17(3)25(24)27(29)23(33)16-31-15-19(14-30)28-32-12-13-34-28/h12-15,17-18,20-22,24-27H,5-11,16,30H2,1-4H3. The largest absolute Gasteiger partial charge is 0.444 e. The number of nitrogens with zero attached hydrogens (tertiary/aromatic N) is 2. The normalized spacial score (nSPS) is 43.4. The van der Waals surface area contributed by atoms with Crippen molar-refractivity contribution in [3.8, 4) is 0 Å². The Kier molecular flexibility index (Phi) is 6.50. The highest BCUT2D eigenvalue weighted by Gasteiger charge is 2.73. The van der Waals surface area contributed by atoms with Crippen LogP contribution in [0, 0.1) is 58.7 Å². The molecule has 1 aromatic heterocycles. The molecule has 10 unspecified atom stereocenters. The highest BCUT2D eigenvalue weighted by molar-refractivity contribution is 6.08. The van der Waals surface area contributed by atoms with Gasteiger partial charge in [0.1, 0.15) is 6.26 Å². The van der Waals surface area contributed by atoms with Gasteiger partial charge in [-0.1, -0.05) is 47.0 Å². The first-order valence-electron chi connectivity index (χ1n) is 13.8. The average molecular weight is 466 g/mol. The lowest BCUT2D eigenvalue weighted by Gasteiger charge is -2.56. The van der Waals surface area contributed by atoms with Crippen LogP contribution >= 0.6 is 0 Å². The van der Waals surface area contributed by atoms with Gasteiger partial charge in [0, 0.05) is 18.3 Å². The third-order valence-electron chi connectivity index (χ3n) is 10.7. The first-order chi connectivity index (χ1) is 16.5. The second kappa shape index (κ2) is 9.28. The predicted molar refractivity (Wildman–Crippen MR) is 136 cm³/mol. The van der Waals surface area contributed by atoms with Crippen molar-refractivity contribution in [2.24, 2.45) is 69.4 Å². The molecule has 2 N–H and O–H groups in total. The highest BCUT2D eigenvalue weighted by atomic mass is 16.3. The van der Waals surface area contributed by atoms with E-state index in [-0.39, 0.29) is 17.9 Å². The quantitative estimate of drug-likeness (QED) is 0.477. The third-order valence-corrected chi connectivity index (χ3v) is 10.7. The van der Waals surface area contributed by atoms with Crippen LogP contribution in [0.2, 0.25) is 0 Å². The van der Waals surface area contributed by atoms with E-state index in [1.807, 2.05) is 0 Å². The van der Waals surface area contributed by atoms with Gasteiger partial charge in [0.15, 0.2) is 5.78 Å². The molecule has 186 valence electrons. The van der Waals surface area contributed by atoms with Crippen molar-refractivity contribution < 1.29 is 9.21 Å². The molecule has 0 aliphatic heterocycles. The number of aromatic nitrogens is 1. The minimum atomic E-state index is 0.153. The van der Waals surface area contributed by atoms with E-state index in [1.165, 1.54) is 57.4 Å². The molecule has 4 fully saturated rings. The monoisotopic (exact) mass is 465 g/mol. The molecular weight excluding hydrogens is 422 g/mol. The zero-order chi connectivity index (χ0) is 24.0. The third kappa shape index (κ3) is 3.69. The highest BCUT2D eigenvalue weighted by Crippen LogP contribution is 2.76. The van der Waals surface area contributed by atoms with Crippen LogP contribution in [0.5, 0.6) is 0 Å². The summed E-state index contributed by atoms with van der Waals surface area (Å²) < 4.78 is 5.32. The van der Waals surface area contributed by atoms with Gasteiger partial charge in [-0.25, -0.2) is 4.98 Å². The number of fused-ring (bicyclic) bond motifs is 5. The van der Waals surface area contributed by atoms with Crippen LogP contribution in [0.25, 0.3) is 5.57 Å². The maximum absolute atomic E-state index is 13.7. The zero-order valence-electron chi connectivity index (χ0n) is 21.5. The lowest BCUT2D eigenvalue weighted by Crippen LogP contribution is -2.50. The van der Waals surface area contributed by atoms with E-state index in [9.17, 15) is 4.79 Å². The summed E-state index contributed by atoms with van der Waals surface area (Å²) in [5.74, 6) is 7.20. The Balaban J connectivity index is 1.34. The van der Waals surface area contributed by atoms with Crippen molar-refractivity contribution in [1.82, 2.24) is 4.98 Å². The molecular formula is C29H43N3O2. The fourth-order valence-electron chi connectivity index (χ4n) is 9.40. The Morgan fingerprint density at radius 2 is 2.09 bits per heavy atom. The molecule has 0 aromatic carbocycles. The molecule has 10 atom stereocenters. The van der Waals surface area contributed by atoms with Gasteiger partial charge in [-0.3, -0.25) is 9.79 Å². The Morgan fingerprint density at radius 3 is 2.76 bits per heavy atom. The average Bonchev–Trinajstić information content (AvgIpc) is 3.20. The maximum atomic E-state index is 13.7. The molecule has 0 spiro atoms. The fraction of sp³-hybridized carbons (Fsp3) is 0.759. The van der Waals surface area contributed by atoms with Gasteiger partial charge in [-0.05, 0) is 78.4 Å². The van der Waals surface area contributed by atoms with Gasteiger partial charge in [-0.15, -0.1) is 0 Å². The first kappa shape index (κ1) is 23.8. The van der Waals surface area contributed by atoms with Gasteiger partial charge in [0.25, 0.3) is 0 Å². The minimum absolute atomic E-state index is 0.153.